The number of piperidine rings is 1. The van der Waals surface area contributed by atoms with E-state index in [-0.39, 0.29) is 11.5 Å². The van der Waals surface area contributed by atoms with Crippen molar-refractivity contribution in [1.82, 2.24) is 25.5 Å². The highest BCUT2D eigenvalue weighted by atomic mass is 16.6. The van der Waals surface area contributed by atoms with Crippen LogP contribution in [-0.4, -0.2) is 50.2 Å². The molecule has 1 saturated heterocycles. The smallest absolute Gasteiger partial charge is 0.295 e. The lowest BCUT2D eigenvalue weighted by molar-refractivity contribution is -0.140. The highest BCUT2D eigenvalue weighted by Gasteiger charge is 2.39. The average Bonchev–Trinajstić information content (AvgIpc) is 2.69. The van der Waals surface area contributed by atoms with Crippen LogP contribution >= 0.6 is 0 Å². The highest BCUT2D eigenvalue weighted by molar-refractivity contribution is 5.92. The average molecular weight is 355 g/mol. The number of likely N-dealkylation sites (tertiary alicyclic amines) is 1. The molecule has 26 heavy (non-hydrogen) atoms. The first-order chi connectivity index (χ1) is 12.5. The van der Waals surface area contributed by atoms with Crippen LogP contribution in [0.3, 0.4) is 0 Å². The largest absolute Gasteiger partial charge is 0.343 e. The predicted molar refractivity (Wildman–Crippen MR) is 92.7 cm³/mol. The number of hydrogen-bond donors (Lipinski definition) is 2. The third-order valence-corrected chi connectivity index (χ3v) is 4.71. The van der Waals surface area contributed by atoms with Gasteiger partial charge >= 0.3 is 0 Å². The molecule has 136 valence electrons. The zero-order chi connectivity index (χ0) is 18.6. The number of hydrogen-bond acceptors (Lipinski definition) is 6. The second-order valence-corrected chi connectivity index (χ2v) is 6.31. The Hall–Kier alpha value is -2.84. The lowest BCUT2D eigenvalue weighted by Gasteiger charge is -2.43. The fourth-order valence-corrected chi connectivity index (χ4v) is 3.21. The Labute approximate surface area is 151 Å². The molecule has 2 amide bonds. The number of carbonyl (C=O) groups is 2. The van der Waals surface area contributed by atoms with Crippen molar-refractivity contribution >= 4 is 11.8 Å². The van der Waals surface area contributed by atoms with Crippen LogP contribution in [-0.2, 0) is 10.3 Å². The van der Waals surface area contributed by atoms with Crippen molar-refractivity contribution < 1.29 is 14.8 Å². The highest BCUT2D eigenvalue weighted by Crippen LogP contribution is 2.33. The van der Waals surface area contributed by atoms with Crippen LogP contribution < -0.4 is 5.43 Å². The molecular weight excluding hydrogens is 334 g/mol. The maximum atomic E-state index is 12.4. The van der Waals surface area contributed by atoms with Gasteiger partial charge in [-0.3, -0.25) is 14.8 Å². The van der Waals surface area contributed by atoms with Crippen molar-refractivity contribution in [1.29, 1.82) is 0 Å². The molecule has 1 aliphatic heterocycles. The number of amides is 2. The fraction of sp³-hybridized carbons (Fsp3) is 0.333. The van der Waals surface area contributed by atoms with Crippen LogP contribution in [0.15, 0.2) is 49.1 Å². The molecule has 3 rings (SSSR count). The molecule has 0 bridgehead atoms. The Morgan fingerprint density at radius 1 is 1.15 bits per heavy atom. The molecule has 1 aliphatic rings. The number of hydrazine groups is 1. The standard InChI is InChI=1S/C18H21N5O3/c1-14(24)22-9-7-18(8-10-22,16-5-3-2-4-6-16)21-23(26)17(25)15-11-19-13-20-12-15/h2-6,11-13,21,26H,7-10H2,1H3. The number of rotatable bonds is 4. The molecule has 0 aliphatic carbocycles. The van der Waals surface area contributed by atoms with Crippen molar-refractivity contribution in [3.8, 4) is 0 Å². The summed E-state index contributed by atoms with van der Waals surface area (Å²) in [7, 11) is 0. The number of nitrogens with one attached hydrogen (secondary N) is 1. The van der Waals surface area contributed by atoms with Crippen LogP contribution in [0.25, 0.3) is 0 Å². The Kier molecular flexibility index (Phi) is 5.24. The quantitative estimate of drug-likeness (QED) is 0.634. The summed E-state index contributed by atoms with van der Waals surface area (Å²) in [6, 6.07) is 9.61. The summed E-state index contributed by atoms with van der Waals surface area (Å²) in [4.78, 5) is 33.4. The SMILES string of the molecule is CC(=O)N1CCC(NN(O)C(=O)c2cncnc2)(c2ccccc2)CC1. The van der Waals surface area contributed by atoms with Gasteiger partial charge in [0.25, 0.3) is 5.91 Å². The van der Waals surface area contributed by atoms with E-state index in [4.69, 9.17) is 0 Å². The van der Waals surface area contributed by atoms with Crippen molar-refractivity contribution in [2.75, 3.05) is 13.1 Å². The van der Waals surface area contributed by atoms with E-state index < -0.39 is 11.4 Å². The molecule has 8 heteroatoms. The van der Waals surface area contributed by atoms with E-state index in [0.717, 1.165) is 5.56 Å². The number of carbonyl (C=O) groups excluding carboxylic acids is 2. The van der Waals surface area contributed by atoms with Crippen LogP contribution in [0.1, 0.15) is 35.7 Å². The molecule has 0 unspecified atom stereocenters. The third kappa shape index (κ3) is 3.71. The maximum Gasteiger partial charge on any atom is 0.295 e. The van der Waals surface area contributed by atoms with E-state index in [9.17, 15) is 14.8 Å². The molecule has 0 radical (unpaired) electrons. The van der Waals surface area contributed by atoms with Gasteiger partial charge in [0, 0.05) is 32.4 Å². The first-order valence-electron chi connectivity index (χ1n) is 8.39. The van der Waals surface area contributed by atoms with Crippen molar-refractivity contribution in [3.05, 3.63) is 60.2 Å². The van der Waals surface area contributed by atoms with Crippen LogP contribution in [0.2, 0.25) is 0 Å². The molecular formula is C18H21N5O3. The molecule has 0 saturated carbocycles. The number of benzene rings is 1. The van der Waals surface area contributed by atoms with Gasteiger partial charge in [-0.1, -0.05) is 30.3 Å². The monoisotopic (exact) mass is 355 g/mol. The normalized spacial score (nSPS) is 16.2. The predicted octanol–water partition coefficient (Wildman–Crippen LogP) is 1.35. The van der Waals surface area contributed by atoms with Gasteiger partial charge in [0.2, 0.25) is 5.91 Å². The molecule has 2 aromatic rings. The lowest BCUT2D eigenvalue weighted by Crippen LogP contribution is -2.58. The third-order valence-electron chi connectivity index (χ3n) is 4.71. The van der Waals surface area contributed by atoms with Crippen molar-refractivity contribution in [3.63, 3.8) is 0 Å². The van der Waals surface area contributed by atoms with Gasteiger partial charge in [-0.15, -0.1) is 5.17 Å². The number of aromatic nitrogens is 2. The zero-order valence-electron chi connectivity index (χ0n) is 14.5. The van der Waals surface area contributed by atoms with E-state index in [1.807, 2.05) is 30.3 Å². The first-order valence-corrected chi connectivity index (χ1v) is 8.39. The summed E-state index contributed by atoms with van der Waals surface area (Å²) in [5, 5.41) is 10.9. The van der Waals surface area contributed by atoms with E-state index >= 15 is 0 Å². The van der Waals surface area contributed by atoms with E-state index in [2.05, 4.69) is 15.4 Å². The van der Waals surface area contributed by atoms with Gasteiger partial charge in [0.05, 0.1) is 11.1 Å². The summed E-state index contributed by atoms with van der Waals surface area (Å²) < 4.78 is 0. The number of nitrogens with zero attached hydrogens (tertiary/aromatic N) is 4. The summed E-state index contributed by atoms with van der Waals surface area (Å²) in [6.07, 6.45) is 5.12. The Bertz CT molecular complexity index is 761. The maximum absolute atomic E-state index is 12.4. The van der Waals surface area contributed by atoms with Crippen molar-refractivity contribution in [2.24, 2.45) is 0 Å². The molecule has 1 aromatic heterocycles. The van der Waals surface area contributed by atoms with Crippen molar-refractivity contribution in [2.45, 2.75) is 25.3 Å². The van der Waals surface area contributed by atoms with Gasteiger partial charge in [-0.05, 0) is 18.4 Å². The van der Waals surface area contributed by atoms with E-state index in [1.54, 1.807) is 11.8 Å². The molecule has 2 N–H and O–H groups in total. The lowest BCUT2D eigenvalue weighted by atomic mass is 9.81. The Morgan fingerprint density at radius 3 is 2.35 bits per heavy atom. The first kappa shape index (κ1) is 18.0. The topological polar surface area (TPSA) is 98.7 Å². The van der Waals surface area contributed by atoms with Crippen LogP contribution in [0.5, 0.6) is 0 Å². The summed E-state index contributed by atoms with van der Waals surface area (Å²) in [5.41, 5.74) is 3.41. The summed E-state index contributed by atoms with van der Waals surface area (Å²) in [5.74, 6) is -0.625. The Balaban J connectivity index is 1.83. The second-order valence-electron chi connectivity index (χ2n) is 6.31. The van der Waals surface area contributed by atoms with E-state index in [0.29, 0.717) is 31.1 Å². The summed E-state index contributed by atoms with van der Waals surface area (Å²) in [6.45, 7) is 2.61. The van der Waals surface area contributed by atoms with Gasteiger partial charge < -0.3 is 4.90 Å². The minimum atomic E-state index is -0.659. The Morgan fingerprint density at radius 2 is 1.77 bits per heavy atom. The van der Waals surface area contributed by atoms with E-state index in [1.165, 1.54) is 18.7 Å². The molecule has 0 spiro atoms. The van der Waals surface area contributed by atoms with Gasteiger partial charge in [0.1, 0.15) is 6.33 Å². The van der Waals surface area contributed by atoms with Crippen LogP contribution in [0.4, 0.5) is 0 Å². The van der Waals surface area contributed by atoms with Gasteiger partial charge in [0.15, 0.2) is 0 Å². The molecule has 8 nitrogen and oxygen atoms in total. The minimum absolute atomic E-state index is 0.0185. The fourth-order valence-electron chi connectivity index (χ4n) is 3.21. The second kappa shape index (κ2) is 7.59. The van der Waals surface area contributed by atoms with Crippen LogP contribution in [0, 0.1) is 0 Å². The van der Waals surface area contributed by atoms with Gasteiger partial charge in [-0.2, -0.15) is 5.43 Å². The zero-order valence-corrected chi connectivity index (χ0v) is 14.5. The summed E-state index contributed by atoms with van der Waals surface area (Å²) >= 11 is 0. The minimum Gasteiger partial charge on any atom is -0.343 e. The van der Waals surface area contributed by atoms with Gasteiger partial charge in [-0.25, -0.2) is 9.97 Å². The number of hydroxylamine groups is 1. The molecule has 1 aromatic carbocycles. The molecule has 1 fully saturated rings. The molecule has 2 heterocycles. The molecule has 0 atom stereocenters.